The second-order valence-electron chi connectivity index (χ2n) is 6.83. The number of hydrogen-bond donors (Lipinski definition) is 1. The molecule has 20 heavy (non-hydrogen) atoms. The smallest absolute Gasteiger partial charge is 0.0986 e. The maximum atomic E-state index is 5.69. The fraction of sp³-hybridized carbons (Fsp3) is 1.00. The number of rotatable bonds is 6. The van der Waals surface area contributed by atoms with Crippen LogP contribution in [0.3, 0.4) is 0 Å². The van der Waals surface area contributed by atoms with Crippen molar-refractivity contribution in [3.8, 4) is 0 Å². The molecular formula is C16H30N2O2. The van der Waals surface area contributed by atoms with Gasteiger partial charge in [0.25, 0.3) is 0 Å². The van der Waals surface area contributed by atoms with Gasteiger partial charge in [0.15, 0.2) is 0 Å². The number of methoxy groups -OCH3 is 1. The highest BCUT2D eigenvalue weighted by molar-refractivity contribution is 4.99. The molecule has 0 radical (unpaired) electrons. The maximum absolute atomic E-state index is 5.69. The van der Waals surface area contributed by atoms with Crippen LogP contribution in [-0.4, -0.2) is 62.5 Å². The van der Waals surface area contributed by atoms with E-state index in [0.717, 1.165) is 37.6 Å². The Morgan fingerprint density at radius 3 is 2.45 bits per heavy atom. The van der Waals surface area contributed by atoms with E-state index in [4.69, 9.17) is 9.47 Å². The number of hydrogen-bond acceptors (Lipinski definition) is 4. The van der Waals surface area contributed by atoms with Gasteiger partial charge in [0.05, 0.1) is 12.2 Å². The zero-order valence-electron chi connectivity index (χ0n) is 13.2. The predicted octanol–water partition coefficient (Wildman–Crippen LogP) is 1.64. The van der Waals surface area contributed by atoms with Crippen molar-refractivity contribution in [2.24, 2.45) is 5.92 Å². The molecule has 0 aromatic rings. The monoisotopic (exact) mass is 282 g/mol. The van der Waals surface area contributed by atoms with E-state index in [9.17, 15) is 0 Å². The van der Waals surface area contributed by atoms with Gasteiger partial charge in [-0.15, -0.1) is 0 Å². The first-order valence-corrected chi connectivity index (χ1v) is 8.32. The highest BCUT2D eigenvalue weighted by Crippen LogP contribution is 2.37. The van der Waals surface area contributed by atoms with Crippen LogP contribution < -0.4 is 5.32 Å². The van der Waals surface area contributed by atoms with Crippen molar-refractivity contribution in [1.29, 1.82) is 0 Å². The van der Waals surface area contributed by atoms with Crippen molar-refractivity contribution in [1.82, 2.24) is 10.2 Å². The minimum absolute atomic E-state index is 0.248. The fourth-order valence-electron chi connectivity index (χ4n) is 4.48. The lowest BCUT2D eigenvalue weighted by atomic mass is 9.84. The molecule has 5 atom stereocenters. The van der Waals surface area contributed by atoms with Crippen LogP contribution in [0.1, 0.15) is 39.0 Å². The topological polar surface area (TPSA) is 33.7 Å². The van der Waals surface area contributed by atoms with E-state index in [1.165, 1.54) is 25.7 Å². The highest BCUT2D eigenvalue weighted by atomic mass is 16.5. The fourth-order valence-corrected chi connectivity index (χ4v) is 4.48. The van der Waals surface area contributed by atoms with Gasteiger partial charge in [-0.3, -0.25) is 0 Å². The standard InChI is InChI=1S/C16H30N2O2/c1-4-20-15-9-14(16(15)19-3)17-10-11-7-12-5-6-13(8-11)18(12)2/h11-17H,4-10H2,1-3H3. The van der Waals surface area contributed by atoms with Crippen LogP contribution in [0.25, 0.3) is 0 Å². The summed E-state index contributed by atoms with van der Waals surface area (Å²) in [5.74, 6) is 0.854. The molecule has 2 bridgehead atoms. The second kappa shape index (κ2) is 6.30. The molecule has 4 heteroatoms. The van der Waals surface area contributed by atoms with Gasteiger partial charge in [0, 0.05) is 31.8 Å². The first kappa shape index (κ1) is 14.8. The number of nitrogens with one attached hydrogen (secondary N) is 1. The molecule has 3 fully saturated rings. The molecule has 5 unspecified atom stereocenters. The molecule has 0 aromatic carbocycles. The largest absolute Gasteiger partial charge is 0.377 e. The summed E-state index contributed by atoms with van der Waals surface area (Å²) in [6.07, 6.45) is 7.22. The number of fused-ring (bicyclic) bond motifs is 2. The molecule has 2 aliphatic heterocycles. The van der Waals surface area contributed by atoms with E-state index >= 15 is 0 Å². The molecule has 0 amide bonds. The third kappa shape index (κ3) is 2.76. The van der Waals surface area contributed by atoms with Gasteiger partial charge in [-0.1, -0.05) is 0 Å². The van der Waals surface area contributed by atoms with Crippen LogP contribution in [0, 0.1) is 5.92 Å². The van der Waals surface area contributed by atoms with Crippen molar-refractivity contribution in [3.63, 3.8) is 0 Å². The molecule has 2 heterocycles. The Bertz CT molecular complexity index is 312. The Kier molecular flexibility index (Phi) is 4.65. The summed E-state index contributed by atoms with van der Waals surface area (Å²) in [7, 11) is 4.12. The van der Waals surface area contributed by atoms with Crippen LogP contribution in [-0.2, 0) is 9.47 Å². The van der Waals surface area contributed by atoms with E-state index in [0.29, 0.717) is 12.1 Å². The molecule has 3 aliphatic rings. The summed E-state index contributed by atoms with van der Waals surface area (Å²) < 4.78 is 11.3. The minimum Gasteiger partial charge on any atom is -0.377 e. The molecule has 0 spiro atoms. The molecule has 0 aromatic heterocycles. The van der Waals surface area contributed by atoms with Crippen molar-refractivity contribution in [2.45, 2.75) is 69.4 Å². The molecule has 1 aliphatic carbocycles. The molecule has 4 nitrogen and oxygen atoms in total. The first-order chi connectivity index (χ1) is 9.72. The van der Waals surface area contributed by atoms with Gasteiger partial charge >= 0.3 is 0 Å². The summed E-state index contributed by atoms with van der Waals surface area (Å²) in [6, 6.07) is 2.18. The van der Waals surface area contributed by atoms with E-state index in [1.807, 2.05) is 0 Å². The lowest BCUT2D eigenvalue weighted by Gasteiger charge is -2.44. The van der Waals surface area contributed by atoms with Gasteiger partial charge in [-0.05, 0) is 58.5 Å². The van der Waals surface area contributed by atoms with Gasteiger partial charge in [0.2, 0.25) is 0 Å². The normalized spacial score (nSPS) is 44.5. The lowest BCUT2D eigenvalue weighted by molar-refractivity contribution is -0.131. The SMILES string of the molecule is CCOC1CC(NCC2CC3CCC(C2)N3C)C1OC. The van der Waals surface area contributed by atoms with E-state index in [2.05, 4.69) is 24.2 Å². The number of piperidine rings is 1. The molecule has 1 N–H and O–H groups in total. The Balaban J connectivity index is 1.42. The van der Waals surface area contributed by atoms with Crippen LogP contribution in [0.2, 0.25) is 0 Å². The lowest BCUT2D eigenvalue weighted by Crippen LogP contribution is -2.60. The zero-order chi connectivity index (χ0) is 14.1. The van der Waals surface area contributed by atoms with Crippen LogP contribution >= 0.6 is 0 Å². The Labute approximate surface area is 123 Å². The zero-order valence-corrected chi connectivity index (χ0v) is 13.2. The highest BCUT2D eigenvalue weighted by Gasteiger charge is 2.43. The average Bonchev–Trinajstić information content (AvgIpc) is 2.65. The van der Waals surface area contributed by atoms with Gasteiger partial charge in [0.1, 0.15) is 0 Å². The van der Waals surface area contributed by atoms with Crippen LogP contribution in [0.5, 0.6) is 0 Å². The van der Waals surface area contributed by atoms with E-state index < -0.39 is 0 Å². The predicted molar refractivity (Wildman–Crippen MR) is 79.9 cm³/mol. The van der Waals surface area contributed by atoms with Crippen molar-refractivity contribution in [2.75, 3.05) is 27.3 Å². The quantitative estimate of drug-likeness (QED) is 0.803. The summed E-state index contributed by atoms with van der Waals surface area (Å²) >= 11 is 0. The van der Waals surface area contributed by atoms with Crippen LogP contribution in [0.4, 0.5) is 0 Å². The molecular weight excluding hydrogens is 252 g/mol. The Morgan fingerprint density at radius 2 is 1.85 bits per heavy atom. The third-order valence-corrected chi connectivity index (χ3v) is 5.77. The van der Waals surface area contributed by atoms with Gasteiger partial charge in [-0.25, -0.2) is 0 Å². The van der Waals surface area contributed by atoms with Crippen molar-refractivity contribution >= 4 is 0 Å². The minimum atomic E-state index is 0.248. The summed E-state index contributed by atoms with van der Waals surface area (Å²) in [5.41, 5.74) is 0. The second-order valence-corrected chi connectivity index (χ2v) is 6.83. The summed E-state index contributed by atoms with van der Waals surface area (Å²) in [4.78, 5) is 2.61. The molecule has 2 saturated heterocycles. The average molecular weight is 282 g/mol. The summed E-state index contributed by atoms with van der Waals surface area (Å²) in [5, 5.41) is 3.74. The van der Waals surface area contributed by atoms with Crippen molar-refractivity contribution < 1.29 is 9.47 Å². The van der Waals surface area contributed by atoms with Crippen molar-refractivity contribution in [3.05, 3.63) is 0 Å². The van der Waals surface area contributed by atoms with Crippen LogP contribution in [0.15, 0.2) is 0 Å². The molecule has 1 saturated carbocycles. The molecule has 3 rings (SSSR count). The maximum Gasteiger partial charge on any atom is 0.0986 e. The Morgan fingerprint density at radius 1 is 1.15 bits per heavy atom. The van der Waals surface area contributed by atoms with Gasteiger partial charge in [-0.2, -0.15) is 0 Å². The third-order valence-electron chi connectivity index (χ3n) is 5.77. The number of ether oxygens (including phenoxy) is 2. The first-order valence-electron chi connectivity index (χ1n) is 8.32. The Hall–Kier alpha value is -0.160. The molecule has 116 valence electrons. The summed E-state index contributed by atoms with van der Waals surface area (Å²) in [6.45, 7) is 4.00. The number of nitrogens with zero attached hydrogens (tertiary/aromatic N) is 1. The van der Waals surface area contributed by atoms with E-state index in [1.54, 1.807) is 7.11 Å². The van der Waals surface area contributed by atoms with E-state index in [-0.39, 0.29) is 6.10 Å². The van der Waals surface area contributed by atoms with Gasteiger partial charge < -0.3 is 19.7 Å².